The van der Waals surface area contributed by atoms with E-state index in [-0.39, 0.29) is 18.8 Å². The van der Waals surface area contributed by atoms with Crippen molar-refractivity contribution >= 4 is 5.82 Å². The highest BCUT2D eigenvalue weighted by Gasteiger charge is 2.06. The van der Waals surface area contributed by atoms with Gasteiger partial charge in [0.1, 0.15) is 12.1 Å². The number of rotatable bonds is 6. The van der Waals surface area contributed by atoms with Gasteiger partial charge in [-0.25, -0.2) is 9.97 Å². The standard InChI is InChI=1S/C11H19N3O2/c1-4-9(6-15)14-10-5-11(13-7-12-10)16-8(2)3/h5,7-9,15H,4,6H2,1-3H3,(H,12,13,14). The van der Waals surface area contributed by atoms with Crippen LogP contribution in [-0.2, 0) is 0 Å². The van der Waals surface area contributed by atoms with E-state index in [1.54, 1.807) is 6.07 Å². The molecule has 0 aliphatic heterocycles. The number of aliphatic hydroxyl groups is 1. The lowest BCUT2D eigenvalue weighted by atomic mass is 10.2. The van der Waals surface area contributed by atoms with E-state index >= 15 is 0 Å². The Balaban J connectivity index is 2.66. The molecule has 1 atom stereocenters. The third-order valence-electron chi connectivity index (χ3n) is 2.06. The van der Waals surface area contributed by atoms with Crippen LogP contribution >= 0.6 is 0 Å². The Hall–Kier alpha value is -1.36. The molecular formula is C11H19N3O2. The molecule has 1 aromatic rings. The summed E-state index contributed by atoms with van der Waals surface area (Å²) < 4.78 is 5.45. The number of aliphatic hydroxyl groups excluding tert-OH is 1. The largest absolute Gasteiger partial charge is 0.475 e. The van der Waals surface area contributed by atoms with E-state index in [1.165, 1.54) is 6.33 Å². The smallest absolute Gasteiger partial charge is 0.218 e. The number of nitrogens with zero attached hydrogens (tertiary/aromatic N) is 2. The van der Waals surface area contributed by atoms with E-state index in [1.807, 2.05) is 20.8 Å². The van der Waals surface area contributed by atoms with Gasteiger partial charge in [-0.1, -0.05) is 6.92 Å². The van der Waals surface area contributed by atoms with Crippen molar-refractivity contribution in [2.75, 3.05) is 11.9 Å². The Labute approximate surface area is 95.9 Å². The molecule has 1 aromatic heterocycles. The van der Waals surface area contributed by atoms with Gasteiger partial charge in [0.2, 0.25) is 5.88 Å². The third kappa shape index (κ3) is 4.02. The summed E-state index contributed by atoms with van der Waals surface area (Å²) in [5.74, 6) is 1.21. The second-order valence-corrected chi connectivity index (χ2v) is 3.84. The van der Waals surface area contributed by atoms with Crippen molar-refractivity contribution in [1.82, 2.24) is 9.97 Å². The number of nitrogens with one attached hydrogen (secondary N) is 1. The minimum absolute atomic E-state index is 0.0156. The molecule has 0 aliphatic carbocycles. The summed E-state index contributed by atoms with van der Waals surface area (Å²) in [4.78, 5) is 8.07. The van der Waals surface area contributed by atoms with Gasteiger partial charge in [0.25, 0.3) is 0 Å². The average molecular weight is 225 g/mol. The van der Waals surface area contributed by atoms with E-state index < -0.39 is 0 Å². The van der Waals surface area contributed by atoms with Gasteiger partial charge < -0.3 is 15.2 Å². The quantitative estimate of drug-likeness (QED) is 0.767. The highest BCUT2D eigenvalue weighted by Crippen LogP contribution is 2.13. The number of hydrogen-bond acceptors (Lipinski definition) is 5. The number of aromatic nitrogens is 2. The molecule has 1 heterocycles. The normalized spacial score (nSPS) is 12.6. The van der Waals surface area contributed by atoms with Crippen LogP contribution in [0.15, 0.2) is 12.4 Å². The second kappa shape index (κ2) is 6.27. The van der Waals surface area contributed by atoms with E-state index in [4.69, 9.17) is 9.84 Å². The first-order valence-electron chi connectivity index (χ1n) is 5.51. The van der Waals surface area contributed by atoms with Crippen LogP contribution in [0, 0.1) is 0 Å². The van der Waals surface area contributed by atoms with Crippen molar-refractivity contribution in [3.63, 3.8) is 0 Å². The maximum Gasteiger partial charge on any atom is 0.218 e. The Morgan fingerprint density at radius 1 is 1.44 bits per heavy atom. The van der Waals surface area contributed by atoms with Crippen LogP contribution in [-0.4, -0.2) is 33.8 Å². The maximum absolute atomic E-state index is 9.06. The molecule has 90 valence electrons. The Morgan fingerprint density at radius 2 is 2.19 bits per heavy atom. The minimum Gasteiger partial charge on any atom is -0.475 e. The highest BCUT2D eigenvalue weighted by atomic mass is 16.5. The zero-order valence-electron chi connectivity index (χ0n) is 9.97. The van der Waals surface area contributed by atoms with E-state index in [9.17, 15) is 0 Å². The molecule has 0 aromatic carbocycles. The Kier molecular flexibility index (Phi) is 4.98. The van der Waals surface area contributed by atoms with Crippen LogP contribution < -0.4 is 10.1 Å². The Bertz CT molecular complexity index is 314. The molecule has 0 amide bonds. The second-order valence-electron chi connectivity index (χ2n) is 3.84. The topological polar surface area (TPSA) is 67.3 Å². The van der Waals surface area contributed by atoms with E-state index in [2.05, 4.69) is 15.3 Å². The fourth-order valence-corrected chi connectivity index (χ4v) is 1.21. The molecule has 0 saturated heterocycles. The monoisotopic (exact) mass is 225 g/mol. The van der Waals surface area contributed by atoms with Gasteiger partial charge >= 0.3 is 0 Å². The zero-order valence-corrected chi connectivity index (χ0v) is 9.97. The summed E-state index contributed by atoms with van der Waals surface area (Å²) in [7, 11) is 0. The summed E-state index contributed by atoms with van der Waals surface area (Å²) in [6.07, 6.45) is 2.37. The fraction of sp³-hybridized carbons (Fsp3) is 0.636. The fourth-order valence-electron chi connectivity index (χ4n) is 1.21. The van der Waals surface area contributed by atoms with Crippen molar-refractivity contribution in [2.45, 2.75) is 39.3 Å². The van der Waals surface area contributed by atoms with Crippen molar-refractivity contribution in [2.24, 2.45) is 0 Å². The first-order valence-corrected chi connectivity index (χ1v) is 5.51. The van der Waals surface area contributed by atoms with Gasteiger partial charge in [0.15, 0.2) is 0 Å². The van der Waals surface area contributed by atoms with Crippen LogP contribution in [0.1, 0.15) is 27.2 Å². The molecule has 0 aliphatic rings. The molecule has 16 heavy (non-hydrogen) atoms. The SMILES string of the molecule is CCC(CO)Nc1cc(OC(C)C)ncn1. The zero-order chi connectivity index (χ0) is 12.0. The van der Waals surface area contributed by atoms with Crippen LogP contribution in [0.2, 0.25) is 0 Å². The minimum atomic E-state index is 0.0156. The molecule has 0 spiro atoms. The summed E-state index contributed by atoms with van der Waals surface area (Å²) in [5, 5.41) is 12.2. The highest BCUT2D eigenvalue weighted by molar-refractivity contribution is 5.38. The summed E-state index contributed by atoms with van der Waals surface area (Å²) in [5.41, 5.74) is 0. The molecule has 1 rings (SSSR count). The molecule has 0 bridgehead atoms. The lowest BCUT2D eigenvalue weighted by Crippen LogP contribution is -2.23. The van der Waals surface area contributed by atoms with Gasteiger partial charge in [-0.05, 0) is 20.3 Å². The predicted molar refractivity (Wildman–Crippen MR) is 62.6 cm³/mol. The molecule has 5 heteroatoms. The third-order valence-corrected chi connectivity index (χ3v) is 2.06. The maximum atomic E-state index is 9.06. The predicted octanol–water partition coefficient (Wildman–Crippen LogP) is 1.45. The molecule has 5 nitrogen and oxygen atoms in total. The van der Waals surface area contributed by atoms with Crippen molar-refractivity contribution in [3.8, 4) is 5.88 Å². The van der Waals surface area contributed by atoms with E-state index in [0.717, 1.165) is 6.42 Å². The summed E-state index contributed by atoms with van der Waals surface area (Å²) in [6, 6.07) is 1.75. The molecular weight excluding hydrogens is 206 g/mol. The van der Waals surface area contributed by atoms with Crippen LogP contribution in [0.25, 0.3) is 0 Å². The van der Waals surface area contributed by atoms with E-state index in [0.29, 0.717) is 11.7 Å². The summed E-state index contributed by atoms with van der Waals surface area (Å²) >= 11 is 0. The van der Waals surface area contributed by atoms with Crippen LogP contribution in [0.4, 0.5) is 5.82 Å². The van der Waals surface area contributed by atoms with Gasteiger partial charge in [-0.15, -0.1) is 0 Å². The summed E-state index contributed by atoms with van der Waals surface area (Å²) in [6.45, 7) is 5.97. The van der Waals surface area contributed by atoms with Crippen molar-refractivity contribution < 1.29 is 9.84 Å². The molecule has 0 fully saturated rings. The number of hydrogen-bond donors (Lipinski definition) is 2. The molecule has 0 saturated carbocycles. The van der Waals surface area contributed by atoms with Gasteiger partial charge in [0, 0.05) is 6.07 Å². The molecule has 0 radical (unpaired) electrons. The average Bonchev–Trinajstić information content (AvgIpc) is 2.25. The number of ether oxygens (including phenoxy) is 1. The van der Waals surface area contributed by atoms with Crippen LogP contribution in [0.5, 0.6) is 5.88 Å². The number of anilines is 1. The molecule has 1 unspecified atom stereocenters. The Morgan fingerprint density at radius 3 is 2.75 bits per heavy atom. The first-order chi connectivity index (χ1) is 7.65. The lowest BCUT2D eigenvalue weighted by molar-refractivity contribution is 0.232. The van der Waals surface area contributed by atoms with Gasteiger partial charge in [-0.3, -0.25) is 0 Å². The van der Waals surface area contributed by atoms with Gasteiger partial charge in [-0.2, -0.15) is 0 Å². The first kappa shape index (κ1) is 12.7. The van der Waals surface area contributed by atoms with Crippen LogP contribution in [0.3, 0.4) is 0 Å². The van der Waals surface area contributed by atoms with Crippen molar-refractivity contribution in [1.29, 1.82) is 0 Å². The lowest BCUT2D eigenvalue weighted by Gasteiger charge is -2.15. The van der Waals surface area contributed by atoms with Gasteiger partial charge in [0.05, 0.1) is 18.8 Å². The molecule has 2 N–H and O–H groups in total. The van der Waals surface area contributed by atoms with Crippen molar-refractivity contribution in [3.05, 3.63) is 12.4 Å².